The minimum absolute atomic E-state index is 0.190. The molecule has 2 N–H and O–H groups in total. The molecule has 6 nitrogen and oxygen atoms in total. The van der Waals surface area contributed by atoms with Crippen molar-refractivity contribution in [3.8, 4) is 0 Å². The summed E-state index contributed by atoms with van der Waals surface area (Å²) in [6.45, 7) is 2.80. The van der Waals surface area contributed by atoms with Crippen molar-refractivity contribution in [1.29, 1.82) is 0 Å². The summed E-state index contributed by atoms with van der Waals surface area (Å²) >= 11 is 1.31. The van der Waals surface area contributed by atoms with E-state index in [1.807, 2.05) is 37.4 Å². The van der Waals surface area contributed by atoms with Crippen molar-refractivity contribution in [2.24, 2.45) is 0 Å². The summed E-state index contributed by atoms with van der Waals surface area (Å²) in [6.07, 6.45) is -3.42. The largest absolute Gasteiger partial charge is 0.490 e. The molecule has 2 aromatic rings. The first-order chi connectivity index (χ1) is 13.3. The summed E-state index contributed by atoms with van der Waals surface area (Å²) in [4.78, 5) is 24.2. The number of carboxylic acid groups (broad SMARTS) is 2. The standard InChI is InChI=1S/C16H19NO3S2.C2HF3O2/c1-11(12-4-7-14(8-5-12)22(3)20)17(2)10-13-6-9-15(21-13)16(18)19;3-2(4,5)1(6)7/h4-9,11H,10H2,1-3H3,(H,18,19);(H,6,7). The van der Waals surface area contributed by atoms with Crippen LogP contribution in [0.25, 0.3) is 0 Å². The first-order valence-corrected chi connectivity index (χ1v) is 10.5. The van der Waals surface area contributed by atoms with E-state index in [-0.39, 0.29) is 6.04 Å². The van der Waals surface area contributed by atoms with Gasteiger partial charge in [0.25, 0.3) is 0 Å². The number of hydrogen-bond acceptors (Lipinski definition) is 5. The normalized spacial score (nSPS) is 13.3. The average molecular weight is 451 g/mol. The molecule has 0 saturated carbocycles. The van der Waals surface area contributed by atoms with Crippen LogP contribution in [0.1, 0.15) is 33.1 Å². The van der Waals surface area contributed by atoms with Crippen molar-refractivity contribution < 1.29 is 37.2 Å². The molecule has 11 heteroatoms. The molecule has 1 heterocycles. The van der Waals surface area contributed by atoms with Crippen LogP contribution in [0.4, 0.5) is 13.2 Å². The molecule has 2 atom stereocenters. The van der Waals surface area contributed by atoms with Gasteiger partial charge in [0, 0.05) is 39.4 Å². The van der Waals surface area contributed by atoms with Crippen LogP contribution in [0, 0.1) is 0 Å². The summed E-state index contributed by atoms with van der Waals surface area (Å²) in [6, 6.07) is 11.5. The van der Waals surface area contributed by atoms with Crippen molar-refractivity contribution >= 4 is 34.1 Å². The molecule has 0 radical (unpaired) electrons. The Hall–Kier alpha value is -2.24. The number of carboxylic acids is 2. The molecule has 0 amide bonds. The predicted molar refractivity (Wildman–Crippen MR) is 104 cm³/mol. The number of halogens is 3. The van der Waals surface area contributed by atoms with Crippen LogP contribution in [0.5, 0.6) is 0 Å². The van der Waals surface area contributed by atoms with Crippen molar-refractivity contribution in [3.05, 3.63) is 51.7 Å². The molecule has 0 aliphatic rings. The van der Waals surface area contributed by atoms with Crippen LogP contribution in [-0.4, -0.2) is 50.7 Å². The van der Waals surface area contributed by atoms with Gasteiger partial charge in [0.05, 0.1) is 0 Å². The van der Waals surface area contributed by atoms with Gasteiger partial charge in [-0.05, 0) is 43.8 Å². The predicted octanol–water partition coefficient (Wildman–Crippen LogP) is 4.01. The lowest BCUT2D eigenvalue weighted by Crippen LogP contribution is -2.21. The Kier molecular flexibility index (Phi) is 8.99. The first-order valence-electron chi connectivity index (χ1n) is 8.08. The molecule has 1 aromatic heterocycles. The second-order valence-electron chi connectivity index (χ2n) is 5.99. The maximum Gasteiger partial charge on any atom is 0.490 e. The fourth-order valence-corrected chi connectivity index (χ4v) is 3.58. The summed E-state index contributed by atoms with van der Waals surface area (Å²) < 4.78 is 43.1. The van der Waals surface area contributed by atoms with Gasteiger partial charge in [-0.25, -0.2) is 9.59 Å². The number of aromatic carboxylic acids is 1. The zero-order chi connectivity index (χ0) is 22.4. The summed E-state index contributed by atoms with van der Waals surface area (Å²) in [5.74, 6) is -3.64. The molecule has 1 aromatic carbocycles. The molecule has 2 unspecified atom stereocenters. The third-order valence-corrected chi connectivity index (χ3v) is 5.87. The van der Waals surface area contributed by atoms with E-state index in [2.05, 4.69) is 11.8 Å². The lowest BCUT2D eigenvalue weighted by molar-refractivity contribution is -0.192. The second-order valence-corrected chi connectivity index (χ2v) is 8.54. The molecule has 0 bridgehead atoms. The van der Waals surface area contributed by atoms with E-state index in [1.54, 1.807) is 12.3 Å². The molecule has 2 rings (SSSR count). The molecule has 160 valence electrons. The Balaban J connectivity index is 0.000000516. The quantitative estimate of drug-likeness (QED) is 0.689. The summed E-state index contributed by atoms with van der Waals surface area (Å²) in [5, 5.41) is 16.1. The number of nitrogens with zero attached hydrogens (tertiary/aromatic N) is 1. The third kappa shape index (κ3) is 7.95. The lowest BCUT2D eigenvalue weighted by Gasteiger charge is -2.24. The van der Waals surface area contributed by atoms with Gasteiger partial charge in [0.15, 0.2) is 0 Å². The number of aliphatic carboxylic acids is 1. The monoisotopic (exact) mass is 451 g/mol. The smallest absolute Gasteiger partial charge is 0.477 e. The Labute approximate surface area is 172 Å². The van der Waals surface area contributed by atoms with Crippen LogP contribution < -0.4 is 0 Å². The minimum Gasteiger partial charge on any atom is -0.477 e. The molecule has 0 saturated heterocycles. The molecule has 0 aliphatic heterocycles. The average Bonchev–Trinajstić information content (AvgIpc) is 3.09. The molecule has 29 heavy (non-hydrogen) atoms. The van der Waals surface area contributed by atoms with Crippen LogP contribution in [0.3, 0.4) is 0 Å². The van der Waals surface area contributed by atoms with E-state index in [1.165, 1.54) is 11.3 Å². The second kappa shape index (κ2) is 10.5. The van der Waals surface area contributed by atoms with Crippen LogP contribution >= 0.6 is 11.3 Å². The Morgan fingerprint density at radius 1 is 1.14 bits per heavy atom. The Morgan fingerprint density at radius 3 is 2.03 bits per heavy atom. The van der Waals surface area contributed by atoms with Crippen molar-refractivity contribution in [2.45, 2.75) is 30.6 Å². The topological polar surface area (TPSA) is 94.9 Å². The van der Waals surface area contributed by atoms with Crippen LogP contribution in [0.2, 0.25) is 0 Å². The van der Waals surface area contributed by atoms with Crippen molar-refractivity contribution in [3.63, 3.8) is 0 Å². The number of thiophene rings is 1. The number of rotatable bonds is 6. The van der Waals surface area contributed by atoms with E-state index in [4.69, 9.17) is 15.0 Å². The van der Waals surface area contributed by atoms with E-state index in [9.17, 15) is 22.2 Å². The van der Waals surface area contributed by atoms with Gasteiger partial charge in [-0.15, -0.1) is 11.3 Å². The number of alkyl halides is 3. The van der Waals surface area contributed by atoms with Gasteiger partial charge in [-0.3, -0.25) is 9.11 Å². The maximum absolute atomic E-state index is 11.4. The molecular weight excluding hydrogens is 431 g/mol. The highest BCUT2D eigenvalue weighted by atomic mass is 32.2. The van der Waals surface area contributed by atoms with Gasteiger partial charge in [-0.2, -0.15) is 13.2 Å². The highest BCUT2D eigenvalue weighted by Gasteiger charge is 2.38. The minimum atomic E-state index is -5.08. The Morgan fingerprint density at radius 2 is 1.66 bits per heavy atom. The molecule has 0 fully saturated rings. The lowest BCUT2D eigenvalue weighted by atomic mass is 10.1. The Bertz CT molecular complexity index is 865. The molecular formula is C18H20F3NO5S2. The molecule has 0 aliphatic carbocycles. The SMILES string of the molecule is CC(c1ccc(S(C)=O)cc1)N(C)Cc1ccc(C(=O)O)s1.O=C(O)C(F)(F)F. The van der Waals surface area contributed by atoms with Crippen molar-refractivity contribution in [2.75, 3.05) is 13.3 Å². The number of carbonyl (C=O) groups is 2. The maximum atomic E-state index is 11.4. The fraction of sp³-hybridized carbons (Fsp3) is 0.333. The highest BCUT2D eigenvalue weighted by molar-refractivity contribution is 7.84. The summed E-state index contributed by atoms with van der Waals surface area (Å²) in [7, 11) is 1.05. The van der Waals surface area contributed by atoms with Gasteiger partial charge < -0.3 is 10.2 Å². The van der Waals surface area contributed by atoms with Gasteiger partial charge in [0.2, 0.25) is 0 Å². The van der Waals surface area contributed by atoms with Gasteiger partial charge in [0.1, 0.15) is 4.88 Å². The number of benzene rings is 1. The van der Waals surface area contributed by atoms with E-state index >= 15 is 0 Å². The van der Waals surface area contributed by atoms with E-state index < -0.39 is 28.9 Å². The third-order valence-electron chi connectivity index (χ3n) is 3.88. The van der Waals surface area contributed by atoms with E-state index in [0.717, 1.165) is 15.3 Å². The van der Waals surface area contributed by atoms with Crippen molar-refractivity contribution in [1.82, 2.24) is 4.90 Å². The summed E-state index contributed by atoms with van der Waals surface area (Å²) in [5.41, 5.74) is 1.15. The first kappa shape index (κ1) is 24.8. The zero-order valence-electron chi connectivity index (χ0n) is 15.8. The number of hydrogen-bond donors (Lipinski definition) is 2. The van der Waals surface area contributed by atoms with Gasteiger partial charge >= 0.3 is 18.1 Å². The van der Waals surface area contributed by atoms with Crippen LogP contribution in [-0.2, 0) is 22.1 Å². The van der Waals surface area contributed by atoms with Gasteiger partial charge in [-0.1, -0.05) is 12.1 Å². The van der Waals surface area contributed by atoms with Crippen LogP contribution in [0.15, 0.2) is 41.3 Å². The highest BCUT2D eigenvalue weighted by Crippen LogP contribution is 2.24. The molecule has 0 spiro atoms. The fourth-order valence-electron chi connectivity index (χ4n) is 2.15. The zero-order valence-corrected chi connectivity index (χ0v) is 17.4. The van der Waals surface area contributed by atoms with E-state index in [0.29, 0.717) is 11.4 Å².